The summed E-state index contributed by atoms with van der Waals surface area (Å²) >= 11 is 0. The van der Waals surface area contributed by atoms with Crippen LogP contribution in [-0.2, 0) is 16.4 Å². The summed E-state index contributed by atoms with van der Waals surface area (Å²) in [6, 6.07) is 6.52. The molecule has 0 spiro atoms. The van der Waals surface area contributed by atoms with Crippen molar-refractivity contribution in [2.75, 3.05) is 18.9 Å². The fourth-order valence-corrected chi connectivity index (χ4v) is 3.02. The summed E-state index contributed by atoms with van der Waals surface area (Å²) in [5, 5.41) is 8.38. The summed E-state index contributed by atoms with van der Waals surface area (Å²) in [4.78, 5) is 0. The first-order valence-corrected chi connectivity index (χ1v) is 8.70. The van der Waals surface area contributed by atoms with Crippen molar-refractivity contribution in [3.63, 3.8) is 0 Å². The molecule has 1 atom stereocenters. The van der Waals surface area contributed by atoms with E-state index in [1.165, 1.54) is 11.1 Å². The zero-order valence-electron chi connectivity index (χ0n) is 11.8. The molecule has 0 aromatic heterocycles. The van der Waals surface area contributed by atoms with E-state index in [2.05, 4.69) is 24.4 Å². The Balaban J connectivity index is 1.91. The van der Waals surface area contributed by atoms with Crippen LogP contribution in [0.5, 0.6) is 5.75 Å². The molecule has 2 rings (SSSR count). The van der Waals surface area contributed by atoms with Gasteiger partial charge in [-0.25, -0.2) is 13.6 Å². The van der Waals surface area contributed by atoms with Gasteiger partial charge < -0.3 is 10.1 Å². The topological polar surface area (TPSA) is 81.4 Å². The van der Waals surface area contributed by atoms with Crippen molar-refractivity contribution in [2.45, 2.75) is 32.2 Å². The lowest BCUT2D eigenvalue weighted by Gasteiger charge is -2.18. The molecule has 3 N–H and O–H groups in total. The number of hydrogen-bond donors (Lipinski definition) is 2. The average molecular weight is 298 g/mol. The number of hydrogen-bond acceptors (Lipinski definition) is 4. The summed E-state index contributed by atoms with van der Waals surface area (Å²) in [7, 11) is -3.36. The summed E-state index contributed by atoms with van der Waals surface area (Å²) in [6.07, 6.45) is 2.45. The largest absolute Gasteiger partial charge is 0.493 e. The van der Waals surface area contributed by atoms with Crippen LogP contribution in [0.3, 0.4) is 0 Å². The first-order chi connectivity index (χ1) is 9.49. The molecule has 6 heteroatoms. The van der Waals surface area contributed by atoms with E-state index in [0.29, 0.717) is 13.0 Å². The third kappa shape index (κ3) is 4.19. The van der Waals surface area contributed by atoms with Crippen molar-refractivity contribution in [3.8, 4) is 5.75 Å². The van der Waals surface area contributed by atoms with Gasteiger partial charge in [0.05, 0.1) is 12.4 Å². The Labute approximate surface area is 120 Å². The maximum absolute atomic E-state index is 10.9. The Morgan fingerprint density at radius 1 is 1.45 bits per heavy atom. The van der Waals surface area contributed by atoms with Crippen LogP contribution in [0.25, 0.3) is 0 Å². The van der Waals surface area contributed by atoms with Crippen molar-refractivity contribution in [1.82, 2.24) is 5.32 Å². The molecule has 1 aromatic rings. The smallest absolute Gasteiger partial charge is 0.209 e. The number of nitrogens with two attached hydrogens (primary N) is 1. The third-order valence-electron chi connectivity index (χ3n) is 3.52. The van der Waals surface area contributed by atoms with Gasteiger partial charge in [-0.05, 0) is 36.6 Å². The highest BCUT2D eigenvalue weighted by atomic mass is 32.2. The Morgan fingerprint density at radius 3 is 2.95 bits per heavy atom. The molecular weight excluding hydrogens is 276 g/mol. The summed E-state index contributed by atoms with van der Waals surface area (Å²) < 4.78 is 27.3. The molecule has 1 heterocycles. The van der Waals surface area contributed by atoms with Gasteiger partial charge in [0.15, 0.2) is 0 Å². The third-order valence-corrected chi connectivity index (χ3v) is 4.38. The van der Waals surface area contributed by atoms with Gasteiger partial charge >= 0.3 is 0 Å². The number of ether oxygens (including phenoxy) is 1. The predicted molar refractivity (Wildman–Crippen MR) is 79.3 cm³/mol. The molecule has 0 bridgehead atoms. The highest BCUT2D eigenvalue weighted by Crippen LogP contribution is 2.29. The zero-order chi connectivity index (χ0) is 14.6. The number of nitrogens with one attached hydrogen (secondary N) is 1. The minimum atomic E-state index is -3.36. The van der Waals surface area contributed by atoms with Crippen molar-refractivity contribution < 1.29 is 13.2 Å². The van der Waals surface area contributed by atoms with Gasteiger partial charge in [0, 0.05) is 12.5 Å². The van der Waals surface area contributed by atoms with Gasteiger partial charge in [-0.3, -0.25) is 0 Å². The lowest BCUT2D eigenvalue weighted by molar-refractivity contribution is 0.356. The molecule has 1 unspecified atom stereocenters. The summed E-state index contributed by atoms with van der Waals surface area (Å²) in [6.45, 7) is 3.51. The Morgan fingerprint density at radius 2 is 2.25 bits per heavy atom. The highest BCUT2D eigenvalue weighted by molar-refractivity contribution is 7.89. The molecular formula is C14H22N2O3S. The van der Waals surface area contributed by atoms with Gasteiger partial charge in [0.2, 0.25) is 10.0 Å². The Hall–Kier alpha value is -1.11. The molecule has 0 saturated heterocycles. The van der Waals surface area contributed by atoms with Gasteiger partial charge in [-0.1, -0.05) is 19.1 Å². The fourth-order valence-electron chi connectivity index (χ4n) is 2.47. The maximum atomic E-state index is 10.9. The van der Waals surface area contributed by atoms with Crippen LogP contribution in [-0.4, -0.2) is 27.3 Å². The minimum Gasteiger partial charge on any atom is -0.493 e. The van der Waals surface area contributed by atoms with Gasteiger partial charge in [-0.15, -0.1) is 0 Å². The Kier molecular flexibility index (Phi) is 5.01. The molecule has 0 saturated carbocycles. The van der Waals surface area contributed by atoms with Crippen LogP contribution in [0.1, 0.15) is 36.9 Å². The number of benzene rings is 1. The first kappa shape index (κ1) is 15.3. The molecule has 0 radical (unpaired) electrons. The number of rotatable bonds is 7. The van der Waals surface area contributed by atoms with Crippen LogP contribution in [0.4, 0.5) is 0 Å². The molecule has 0 fully saturated rings. The van der Waals surface area contributed by atoms with E-state index < -0.39 is 10.0 Å². The molecule has 1 aliphatic rings. The van der Waals surface area contributed by atoms with E-state index in [4.69, 9.17) is 9.88 Å². The molecule has 5 nitrogen and oxygen atoms in total. The minimum absolute atomic E-state index is 0.0223. The van der Waals surface area contributed by atoms with Crippen molar-refractivity contribution in [3.05, 3.63) is 29.3 Å². The zero-order valence-corrected chi connectivity index (χ0v) is 12.6. The monoisotopic (exact) mass is 298 g/mol. The van der Waals surface area contributed by atoms with Crippen molar-refractivity contribution >= 4 is 10.0 Å². The van der Waals surface area contributed by atoms with E-state index in [1.54, 1.807) is 0 Å². The second-order valence-electron chi connectivity index (χ2n) is 5.10. The first-order valence-electron chi connectivity index (χ1n) is 6.99. The van der Waals surface area contributed by atoms with Crippen LogP contribution >= 0.6 is 0 Å². The van der Waals surface area contributed by atoms with Crippen molar-refractivity contribution in [2.24, 2.45) is 5.14 Å². The van der Waals surface area contributed by atoms with E-state index in [9.17, 15) is 8.42 Å². The number of primary sulfonamides is 1. The van der Waals surface area contributed by atoms with Crippen LogP contribution in [0.2, 0.25) is 0 Å². The molecule has 0 aliphatic carbocycles. The SMILES string of the molecule is CCC(NCCCS(N)(=O)=O)c1ccc2c(c1)CCO2. The quantitative estimate of drug-likeness (QED) is 0.744. The lowest BCUT2D eigenvalue weighted by atomic mass is 10.0. The molecule has 1 aromatic carbocycles. The van der Waals surface area contributed by atoms with Crippen molar-refractivity contribution in [1.29, 1.82) is 0 Å². The average Bonchev–Trinajstić information content (AvgIpc) is 2.84. The fraction of sp³-hybridized carbons (Fsp3) is 0.571. The van der Waals surface area contributed by atoms with Crippen LogP contribution in [0.15, 0.2) is 18.2 Å². The second kappa shape index (κ2) is 6.56. The van der Waals surface area contributed by atoms with E-state index in [-0.39, 0.29) is 11.8 Å². The summed E-state index contributed by atoms with van der Waals surface area (Å²) in [5.41, 5.74) is 2.49. The van der Waals surface area contributed by atoms with Gasteiger partial charge in [0.25, 0.3) is 0 Å². The second-order valence-corrected chi connectivity index (χ2v) is 6.84. The van der Waals surface area contributed by atoms with Crippen LogP contribution in [0, 0.1) is 0 Å². The normalized spacial score (nSPS) is 15.7. The maximum Gasteiger partial charge on any atom is 0.209 e. The molecule has 20 heavy (non-hydrogen) atoms. The Bertz CT molecular complexity index is 558. The number of sulfonamides is 1. The standard InChI is InChI=1S/C14H22N2O3S/c1-2-13(16-7-3-9-20(15,17)18)11-4-5-14-12(10-11)6-8-19-14/h4-5,10,13,16H,2-3,6-9H2,1H3,(H2,15,17,18). The molecule has 1 aliphatic heterocycles. The number of fused-ring (bicyclic) bond motifs is 1. The van der Waals surface area contributed by atoms with E-state index >= 15 is 0 Å². The van der Waals surface area contributed by atoms with E-state index in [1.807, 2.05) is 6.07 Å². The highest BCUT2D eigenvalue weighted by Gasteiger charge is 2.15. The van der Waals surface area contributed by atoms with E-state index in [0.717, 1.165) is 25.2 Å². The molecule has 112 valence electrons. The van der Waals surface area contributed by atoms with Crippen LogP contribution < -0.4 is 15.2 Å². The van der Waals surface area contributed by atoms with Gasteiger partial charge in [-0.2, -0.15) is 0 Å². The molecule has 0 amide bonds. The van der Waals surface area contributed by atoms with Gasteiger partial charge in [0.1, 0.15) is 5.75 Å². The lowest BCUT2D eigenvalue weighted by Crippen LogP contribution is -2.25. The predicted octanol–water partition coefficient (Wildman–Crippen LogP) is 1.34. The summed E-state index contributed by atoms with van der Waals surface area (Å²) in [5.74, 6) is 1.01.